The second-order valence-electron chi connectivity index (χ2n) is 10.4. The van der Waals surface area contributed by atoms with Crippen LogP contribution in [-0.4, -0.2) is 5.78 Å². The lowest BCUT2D eigenvalue weighted by Crippen LogP contribution is -2.38. The van der Waals surface area contributed by atoms with Crippen molar-refractivity contribution in [3.63, 3.8) is 0 Å². The molecule has 182 valence electrons. The Morgan fingerprint density at radius 2 is 0.895 bits per heavy atom. The first-order valence-corrected chi connectivity index (χ1v) is 13.3. The quantitative estimate of drug-likeness (QED) is 0.243. The van der Waals surface area contributed by atoms with Crippen molar-refractivity contribution in [3.05, 3.63) is 179 Å². The summed E-state index contributed by atoms with van der Waals surface area (Å²) >= 11 is 0. The standard InChI is InChI=1S/C37H28O/c38-35-36(30-22-12-4-13-23-30)26-32(27-16-6-1-7-17-27)37(35,31-24-14-5-15-25-31)34(29-20-10-3-11-21-29)33(36)28-18-8-2-9-19-28/h1-25,32H,26H2/t32-,36+,37+/m1/s1. The second-order valence-corrected chi connectivity index (χ2v) is 10.4. The third kappa shape index (κ3) is 3.02. The largest absolute Gasteiger partial charge is 0.297 e. The van der Waals surface area contributed by atoms with E-state index in [1.165, 1.54) is 5.56 Å². The van der Waals surface area contributed by atoms with Crippen LogP contribution >= 0.6 is 0 Å². The lowest BCUT2D eigenvalue weighted by molar-refractivity contribution is -0.123. The maximum absolute atomic E-state index is 15.5. The van der Waals surface area contributed by atoms with E-state index in [1.54, 1.807) is 0 Å². The van der Waals surface area contributed by atoms with Crippen molar-refractivity contribution in [2.75, 3.05) is 0 Å². The Kier molecular flexibility index (Phi) is 5.26. The summed E-state index contributed by atoms with van der Waals surface area (Å²) < 4.78 is 0. The molecule has 5 aromatic rings. The van der Waals surface area contributed by atoms with E-state index in [0.29, 0.717) is 0 Å². The maximum Gasteiger partial charge on any atom is 0.163 e. The molecule has 0 spiro atoms. The third-order valence-electron chi connectivity index (χ3n) is 8.67. The predicted molar refractivity (Wildman–Crippen MR) is 155 cm³/mol. The van der Waals surface area contributed by atoms with E-state index in [1.807, 2.05) is 12.1 Å². The zero-order valence-electron chi connectivity index (χ0n) is 21.1. The fourth-order valence-electron chi connectivity index (χ4n) is 7.28. The van der Waals surface area contributed by atoms with Gasteiger partial charge < -0.3 is 0 Å². The second kappa shape index (κ2) is 8.82. The highest BCUT2D eigenvalue weighted by atomic mass is 16.1. The highest BCUT2D eigenvalue weighted by molar-refractivity contribution is 6.29. The van der Waals surface area contributed by atoms with Gasteiger partial charge in [-0.1, -0.05) is 152 Å². The average Bonchev–Trinajstić information content (AvgIpc) is 3.41. The molecule has 0 unspecified atom stereocenters. The first-order chi connectivity index (χ1) is 18.8. The van der Waals surface area contributed by atoms with Gasteiger partial charge in [-0.05, 0) is 45.4 Å². The molecule has 1 heteroatoms. The van der Waals surface area contributed by atoms with Crippen LogP contribution in [0.1, 0.15) is 40.2 Å². The minimum Gasteiger partial charge on any atom is -0.297 e. The molecule has 0 N–H and O–H groups in total. The molecule has 1 fully saturated rings. The van der Waals surface area contributed by atoms with E-state index >= 15 is 4.79 Å². The Hall–Kier alpha value is -4.49. The highest BCUT2D eigenvalue weighted by Gasteiger charge is 2.72. The van der Waals surface area contributed by atoms with Crippen molar-refractivity contribution in [3.8, 4) is 0 Å². The van der Waals surface area contributed by atoms with E-state index < -0.39 is 10.8 Å². The number of hydrogen-bond acceptors (Lipinski definition) is 1. The third-order valence-corrected chi connectivity index (χ3v) is 8.67. The molecule has 2 bridgehead atoms. The van der Waals surface area contributed by atoms with Gasteiger partial charge in [0.15, 0.2) is 5.78 Å². The van der Waals surface area contributed by atoms with Gasteiger partial charge in [0, 0.05) is 5.92 Å². The van der Waals surface area contributed by atoms with Gasteiger partial charge in [-0.15, -0.1) is 0 Å². The summed E-state index contributed by atoms with van der Waals surface area (Å²) in [5.74, 6) is 0.287. The lowest BCUT2D eigenvalue weighted by atomic mass is 9.61. The van der Waals surface area contributed by atoms with Crippen molar-refractivity contribution in [1.29, 1.82) is 0 Å². The fraction of sp³-hybridized carbons (Fsp3) is 0.108. The Balaban J connectivity index is 1.68. The number of Topliss-reactive ketones (excluding diaryl/α,β-unsaturated/α-hetero) is 1. The Morgan fingerprint density at radius 1 is 0.474 bits per heavy atom. The number of ketones is 1. The molecule has 1 nitrogen and oxygen atoms in total. The highest BCUT2D eigenvalue weighted by Crippen LogP contribution is 2.72. The monoisotopic (exact) mass is 488 g/mol. The number of benzene rings is 5. The molecule has 0 radical (unpaired) electrons. The van der Waals surface area contributed by atoms with Crippen molar-refractivity contribution >= 4 is 16.9 Å². The maximum atomic E-state index is 15.5. The summed E-state index contributed by atoms with van der Waals surface area (Å²) in [6.45, 7) is 0. The van der Waals surface area contributed by atoms with Crippen LogP contribution in [-0.2, 0) is 15.6 Å². The number of carbonyl (C=O) groups is 1. The van der Waals surface area contributed by atoms with Crippen molar-refractivity contribution < 1.29 is 4.79 Å². The molecule has 5 aromatic carbocycles. The minimum absolute atomic E-state index is 0.00137. The average molecular weight is 489 g/mol. The van der Waals surface area contributed by atoms with Crippen LogP contribution in [0.15, 0.2) is 152 Å². The number of rotatable bonds is 5. The van der Waals surface area contributed by atoms with Crippen LogP contribution in [0.25, 0.3) is 11.1 Å². The van der Waals surface area contributed by atoms with Gasteiger partial charge in [-0.2, -0.15) is 0 Å². The van der Waals surface area contributed by atoms with Crippen molar-refractivity contribution in [2.24, 2.45) is 0 Å². The van der Waals surface area contributed by atoms with E-state index in [2.05, 4.69) is 140 Å². The summed E-state index contributed by atoms with van der Waals surface area (Å²) in [6, 6.07) is 52.8. The Labute approximate surface area is 224 Å². The van der Waals surface area contributed by atoms with Gasteiger partial charge in [0.05, 0.1) is 10.8 Å². The first kappa shape index (κ1) is 22.7. The molecule has 0 aliphatic heterocycles. The van der Waals surface area contributed by atoms with E-state index in [9.17, 15) is 0 Å². The smallest absolute Gasteiger partial charge is 0.163 e. The molecule has 0 saturated heterocycles. The zero-order chi connectivity index (χ0) is 25.6. The van der Waals surface area contributed by atoms with Crippen LogP contribution in [0.4, 0.5) is 0 Å². The molecule has 0 aromatic heterocycles. The molecule has 38 heavy (non-hydrogen) atoms. The molecule has 2 aliphatic rings. The molecule has 0 amide bonds. The van der Waals surface area contributed by atoms with Crippen LogP contribution < -0.4 is 0 Å². The summed E-state index contributed by atoms with van der Waals surface area (Å²) in [5.41, 5.74) is 6.31. The molecule has 3 atom stereocenters. The Morgan fingerprint density at radius 3 is 1.42 bits per heavy atom. The lowest BCUT2D eigenvalue weighted by Gasteiger charge is -2.39. The van der Waals surface area contributed by atoms with Crippen LogP contribution in [0, 0.1) is 0 Å². The minimum atomic E-state index is -0.815. The van der Waals surface area contributed by atoms with Crippen LogP contribution in [0.2, 0.25) is 0 Å². The number of hydrogen-bond donors (Lipinski definition) is 0. The number of allylic oxidation sites excluding steroid dienone is 2. The summed E-state index contributed by atoms with van der Waals surface area (Å²) in [4.78, 5) is 15.5. The molecular formula is C37H28O. The van der Waals surface area contributed by atoms with Gasteiger partial charge in [0.2, 0.25) is 0 Å². The molecular weight excluding hydrogens is 460 g/mol. The number of fused-ring (bicyclic) bond motifs is 2. The summed E-state index contributed by atoms with van der Waals surface area (Å²) in [6.07, 6.45) is 0.731. The molecule has 0 heterocycles. The van der Waals surface area contributed by atoms with Crippen molar-refractivity contribution in [1.82, 2.24) is 0 Å². The normalized spacial score (nSPS) is 24.1. The van der Waals surface area contributed by atoms with Crippen LogP contribution in [0.3, 0.4) is 0 Å². The van der Waals surface area contributed by atoms with Gasteiger partial charge in [-0.3, -0.25) is 4.79 Å². The van der Waals surface area contributed by atoms with Crippen molar-refractivity contribution in [2.45, 2.75) is 23.2 Å². The van der Waals surface area contributed by atoms with Gasteiger partial charge in [-0.25, -0.2) is 0 Å². The predicted octanol–water partition coefficient (Wildman–Crippen LogP) is 8.24. The topological polar surface area (TPSA) is 17.1 Å². The zero-order valence-corrected chi connectivity index (χ0v) is 21.1. The van der Waals surface area contributed by atoms with E-state index in [-0.39, 0.29) is 11.7 Å². The Bertz CT molecular complexity index is 1620. The summed E-state index contributed by atoms with van der Waals surface area (Å²) in [7, 11) is 0. The molecule has 1 saturated carbocycles. The van der Waals surface area contributed by atoms with E-state index in [0.717, 1.165) is 39.8 Å². The number of carbonyl (C=O) groups excluding carboxylic acids is 1. The molecule has 7 rings (SSSR count). The SMILES string of the molecule is O=C1[C@]2(c3ccccc3)C[C@H](c3ccccc3)[C@@]1(c1ccccc1)C(c1ccccc1)=C2c1ccccc1. The first-order valence-electron chi connectivity index (χ1n) is 13.3. The van der Waals surface area contributed by atoms with E-state index in [4.69, 9.17) is 0 Å². The van der Waals surface area contributed by atoms with Crippen LogP contribution in [0.5, 0.6) is 0 Å². The van der Waals surface area contributed by atoms with Gasteiger partial charge in [0.1, 0.15) is 0 Å². The van der Waals surface area contributed by atoms with Gasteiger partial charge in [0.25, 0.3) is 0 Å². The van der Waals surface area contributed by atoms with Gasteiger partial charge >= 0.3 is 0 Å². The molecule has 2 aliphatic carbocycles. The summed E-state index contributed by atoms with van der Waals surface area (Å²) in [5, 5.41) is 0. The fourth-order valence-corrected chi connectivity index (χ4v) is 7.28.